The molecule has 1 heterocycles. The molecule has 0 bridgehead atoms. The number of aromatic nitrogens is 1. The molecule has 0 aliphatic heterocycles. The quantitative estimate of drug-likeness (QED) is 0.912. The van der Waals surface area contributed by atoms with Crippen LogP contribution in [0.4, 0.5) is 4.39 Å². The SMILES string of the molecule is CC(C(=O)O)N(C(=O)c1csc(-c2ccc(F)cc2)n1)C1CC1. The Morgan fingerprint density at radius 3 is 2.57 bits per heavy atom. The second-order valence-electron chi connectivity index (χ2n) is 5.50. The van der Waals surface area contributed by atoms with E-state index < -0.39 is 12.0 Å². The summed E-state index contributed by atoms with van der Waals surface area (Å²) in [6, 6.07) is 4.96. The third-order valence-electron chi connectivity index (χ3n) is 3.76. The second-order valence-corrected chi connectivity index (χ2v) is 6.36. The van der Waals surface area contributed by atoms with Gasteiger partial charge in [0.05, 0.1) is 0 Å². The number of hydrogen-bond acceptors (Lipinski definition) is 4. The first-order chi connectivity index (χ1) is 11.0. The minimum atomic E-state index is -1.03. The van der Waals surface area contributed by atoms with Crippen molar-refractivity contribution in [2.24, 2.45) is 0 Å². The maximum atomic E-state index is 13.0. The van der Waals surface area contributed by atoms with Gasteiger partial charge in [0.2, 0.25) is 0 Å². The summed E-state index contributed by atoms with van der Waals surface area (Å²) in [6.45, 7) is 1.51. The fraction of sp³-hybridized carbons (Fsp3) is 0.312. The summed E-state index contributed by atoms with van der Waals surface area (Å²) in [4.78, 5) is 29.5. The van der Waals surface area contributed by atoms with E-state index in [1.807, 2.05) is 0 Å². The van der Waals surface area contributed by atoms with Crippen LogP contribution in [0, 0.1) is 5.82 Å². The summed E-state index contributed by atoms with van der Waals surface area (Å²) in [6.07, 6.45) is 1.64. The van der Waals surface area contributed by atoms with Gasteiger partial charge in [0.15, 0.2) is 0 Å². The van der Waals surface area contributed by atoms with E-state index in [2.05, 4.69) is 4.98 Å². The average molecular weight is 334 g/mol. The monoisotopic (exact) mass is 334 g/mol. The maximum Gasteiger partial charge on any atom is 0.326 e. The van der Waals surface area contributed by atoms with Crippen LogP contribution in [0.2, 0.25) is 0 Å². The van der Waals surface area contributed by atoms with Crippen molar-refractivity contribution in [1.29, 1.82) is 0 Å². The van der Waals surface area contributed by atoms with Gasteiger partial charge >= 0.3 is 5.97 Å². The molecule has 3 rings (SSSR count). The third-order valence-corrected chi connectivity index (χ3v) is 4.66. The van der Waals surface area contributed by atoms with Gasteiger partial charge in [-0.25, -0.2) is 14.2 Å². The van der Waals surface area contributed by atoms with Gasteiger partial charge in [0, 0.05) is 17.0 Å². The summed E-state index contributed by atoms with van der Waals surface area (Å²) >= 11 is 1.28. The number of halogens is 1. The first-order valence-electron chi connectivity index (χ1n) is 7.24. The molecule has 1 unspecified atom stereocenters. The molecular weight excluding hydrogens is 319 g/mol. The lowest BCUT2D eigenvalue weighted by Gasteiger charge is -2.25. The minimum absolute atomic E-state index is 0.0235. The standard InChI is InChI=1S/C16H15FN2O3S/c1-9(16(21)22)19(12-6-7-12)15(20)13-8-23-14(18-13)10-2-4-11(17)5-3-10/h2-5,8-9,12H,6-7H2,1H3,(H,21,22). The number of thiazole rings is 1. The van der Waals surface area contributed by atoms with Crippen molar-refractivity contribution in [3.05, 3.63) is 41.2 Å². The van der Waals surface area contributed by atoms with Crippen molar-refractivity contribution >= 4 is 23.2 Å². The smallest absolute Gasteiger partial charge is 0.326 e. The van der Waals surface area contributed by atoms with Crippen LogP contribution in [0.5, 0.6) is 0 Å². The highest BCUT2D eigenvalue weighted by Gasteiger charge is 2.39. The predicted octanol–water partition coefficient (Wildman–Crippen LogP) is 3.03. The average Bonchev–Trinajstić information content (AvgIpc) is 3.23. The van der Waals surface area contributed by atoms with Gasteiger partial charge in [0.25, 0.3) is 5.91 Å². The predicted molar refractivity (Wildman–Crippen MR) is 83.8 cm³/mol. The molecular formula is C16H15FN2O3S. The van der Waals surface area contributed by atoms with Gasteiger partial charge in [-0.3, -0.25) is 4.79 Å². The van der Waals surface area contributed by atoms with Crippen LogP contribution >= 0.6 is 11.3 Å². The molecule has 2 aromatic rings. The highest BCUT2D eigenvalue weighted by Crippen LogP contribution is 2.31. The van der Waals surface area contributed by atoms with Crippen molar-refractivity contribution < 1.29 is 19.1 Å². The van der Waals surface area contributed by atoms with Gasteiger partial charge in [-0.05, 0) is 44.0 Å². The molecule has 1 atom stereocenters. The number of amides is 1. The van der Waals surface area contributed by atoms with E-state index in [9.17, 15) is 19.1 Å². The number of nitrogens with zero attached hydrogens (tertiary/aromatic N) is 2. The van der Waals surface area contributed by atoms with Crippen LogP contribution < -0.4 is 0 Å². The molecule has 23 heavy (non-hydrogen) atoms. The van der Waals surface area contributed by atoms with Crippen molar-refractivity contribution in [3.63, 3.8) is 0 Å². The lowest BCUT2D eigenvalue weighted by Crippen LogP contribution is -2.44. The van der Waals surface area contributed by atoms with Crippen LogP contribution in [-0.4, -0.2) is 39.0 Å². The summed E-state index contributed by atoms with van der Waals surface area (Å²) < 4.78 is 13.0. The number of benzene rings is 1. The summed E-state index contributed by atoms with van der Waals surface area (Å²) in [7, 11) is 0. The Morgan fingerprint density at radius 2 is 2.00 bits per heavy atom. The number of rotatable bonds is 5. The number of hydrogen-bond donors (Lipinski definition) is 1. The Morgan fingerprint density at radius 1 is 1.35 bits per heavy atom. The van der Waals surface area contributed by atoms with Crippen molar-refractivity contribution in [2.75, 3.05) is 0 Å². The fourth-order valence-electron chi connectivity index (χ4n) is 2.36. The molecule has 1 amide bonds. The van der Waals surface area contributed by atoms with Crippen molar-refractivity contribution in [1.82, 2.24) is 9.88 Å². The zero-order chi connectivity index (χ0) is 16.6. The molecule has 0 spiro atoms. The zero-order valence-electron chi connectivity index (χ0n) is 12.4. The van der Waals surface area contributed by atoms with E-state index in [-0.39, 0.29) is 23.5 Å². The van der Waals surface area contributed by atoms with Crippen LogP contribution in [0.3, 0.4) is 0 Å². The number of carboxylic acid groups (broad SMARTS) is 1. The molecule has 1 N–H and O–H groups in total. The molecule has 1 aliphatic carbocycles. The van der Waals surface area contributed by atoms with E-state index in [1.54, 1.807) is 17.5 Å². The van der Waals surface area contributed by atoms with Gasteiger partial charge in [-0.1, -0.05) is 0 Å². The van der Waals surface area contributed by atoms with Crippen molar-refractivity contribution in [3.8, 4) is 10.6 Å². The molecule has 120 valence electrons. The molecule has 1 saturated carbocycles. The van der Waals surface area contributed by atoms with Gasteiger partial charge in [-0.15, -0.1) is 11.3 Å². The number of carbonyl (C=O) groups is 2. The lowest BCUT2D eigenvalue weighted by molar-refractivity contribution is -0.141. The molecule has 0 radical (unpaired) electrons. The molecule has 1 fully saturated rings. The van der Waals surface area contributed by atoms with Crippen LogP contribution in [-0.2, 0) is 4.79 Å². The zero-order valence-corrected chi connectivity index (χ0v) is 13.2. The summed E-state index contributed by atoms with van der Waals surface area (Å²) in [5, 5.41) is 11.4. The van der Waals surface area contributed by atoms with E-state index in [4.69, 9.17) is 0 Å². The Labute approximate surface area is 136 Å². The molecule has 0 saturated heterocycles. The highest BCUT2D eigenvalue weighted by atomic mass is 32.1. The van der Waals surface area contributed by atoms with E-state index in [1.165, 1.54) is 35.3 Å². The molecule has 7 heteroatoms. The van der Waals surface area contributed by atoms with Gasteiger partial charge in [-0.2, -0.15) is 0 Å². The van der Waals surface area contributed by atoms with Crippen LogP contribution in [0.15, 0.2) is 29.6 Å². The molecule has 5 nitrogen and oxygen atoms in total. The Kier molecular flexibility index (Phi) is 4.12. The van der Waals surface area contributed by atoms with Crippen LogP contribution in [0.1, 0.15) is 30.3 Å². The van der Waals surface area contributed by atoms with Crippen LogP contribution in [0.25, 0.3) is 10.6 Å². The molecule has 1 aliphatic rings. The first kappa shape index (κ1) is 15.6. The summed E-state index contributed by atoms with van der Waals surface area (Å²) in [5.41, 5.74) is 0.953. The van der Waals surface area contributed by atoms with Crippen molar-refractivity contribution in [2.45, 2.75) is 31.8 Å². The Bertz CT molecular complexity index is 740. The second kappa shape index (κ2) is 6.08. The van der Waals surface area contributed by atoms with Gasteiger partial charge < -0.3 is 10.0 Å². The van der Waals surface area contributed by atoms with E-state index in [0.717, 1.165) is 18.4 Å². The number of carboxylic acids is 1. The summed E-state index contributed by atoms with van der Waals surface area (Å²) in [5.74, 6) is -1.73. The first-order valence-corrected chi connectivity index (χ1v) is 8.12. The Balaban J connectivity index is 1.85. The minimum Gasteiger partial charge on any atom is -0.480 e. The topological polar surface area (TPSA) is 70.5 Å². The van der Waals surface area contributed by atoms with E-state index in [0.29, 0.717) is 5.01 Å². The lowest BCUT2D eigenvalue weighted by atomic mass is 10.2. The Hall–Kier alpha value is -2.28. The normalized spacial score (nSPS) is 15.2. The molecule has 1 aromatic heterocycles. The third kappa shape index (κ3) is 3.24. The number of carbonyl (C=O) groups excluding carboxylic acids is 1. The van der Waals surface area contributed by atoms with E-state index >= 15 is 0 Å². The molecule has 1 aromatic carbocycles. The number of aliphatic carboxylic acids is 1. The van der Waals surface area contributed by atoms with Gasteiger partial charge in [0.1, 0.15) is 22.6 Å². The highest BCUT2D eigenvalue weighted by molar-refractivity contribution is 7.13. The largest absolute Gasteiger partial charge is 0.480 e. The maximum absolute atomic E-state index is 13.0. The fourth-order valence-corrected chi connectivity index (χ4v) is 3.16.